The zero-order chi connectivity index (χ0) is 18.7. The molecule has 0 fully saturated rings. The molecular formula is C19H18ClN3O3. The number of benzene rings is 1. The van der Waals surface area contributed by atoms with Gasteiger partial charge in [0, 0.05) is 17.4 Å². The normalized spacial score (nSPS) is 17.3. The van der Waals surface area contributed by atoms with Crippen LogP contribution in [0.4, 0.5) is 5.69 Å². The van der Waals surface area contributed by atoms with Crippen LogP contribution in [0.2, 0.25) is 0 Å². The Hall–Kier alpha value is -2.99. The summed E-state index contributed by atoms with van der Waals surface area (Å²) >= 11 is 6.47. The van der Waals surface area contributed by atoms with Crippen LogP contribution in [0.15, 0.2) is 70.8 Å². The van der Waals surface area contributed by atoms with Crippen molar-refractivity contribution >= 4 is 23.3 Å². The summed E-state index contributed by atoms with van der Waals surface area (Å²) in [7, 11) is 1.41. The van der Waals surface area contributed by atoms with Crippen molar-refractivity contribution in [1.82, 2.24) is 10.3 Å². The molecular weight excluding hydrogens is 354 g/mol. The number of nitrogens with one attached hydrogen (secondary N) is 2. The molecule has 0 amide bonds. The van der Waals surface area contributed by atoms with Gasteiger partial charge < -0.3 is 20.5 Å². The Bertz CT molecular complexity index is 894. The number of ether oxygens (including phenoxy) is 1. The third-order valence-corrected chi connectivity index (χ3v) is 4.38. The zero-order valence-electron chi connectivity index (χ0n) is 14.3. The molecule has 134 valence electrons. The first-order valence-electron chi connectivity index (χ1n) is 7.94. The van der Waals surface area contributed by atoms with Crippen LogP contribution in [0.3, 0.4) is 0 Å². The number of para-hydroxylation sites is 1. The number of rotatable bonds is 4. The topological polar surface area (TPSA) is 83.5 Å². The van der Waals surface area contributed by atoms with Gasteiger partial charge in [0.25, 0.3) is 0 Å². The molecule has 3 rings (SSSR count). The quantitative estimate of drug-likeness (QED) is 0.432. The number of pyridine rings is 1. The summed E-state index contributed by atoms with van der Waals surface area (Å²) in [4.78, 5) is 15.9. The molecule has 0 radical (unpaired) electrons. The predicted octanol–water partition coefficient (Wildman–Crippen LogP) is 3.60. The van der Waals surface area contributed by atoms with E-state index in [0.29, 0.717) is 5.70 Å². The Morgan fingerprint density at radius 1 is 1.23 bits per heavy atom. The average Bonchev–Trinajstić information content (AvgIpc) is 2.80. The summed E-state index contributed by atoms with van der Waals surface area (Å²) in [5, 5.41) is 16.0. The van der Waals surface area contributed by atoms with E-state index in [1.165, 1.54) is 14.0 Å². The molecule has 0 saturated carbocycles. The highest BCUT2D eigenvalue weighted by atomic mass is 35.5. The Kier molecular flexibility index (Phi) is 5.14. The maximum atomic E-state index is 11.4. The third kappa shape index (κ3) is 3.36. The third-order valence-electron chi connectivity index (χ3n) is 4.10. The Morgan fingerprint density at radius 2 is 1.96 bits per heavy atom. The van der Waals surface area contributed by atoms with Crippen LogP contribution in [-0.2, 0) is 9.53 Å². The van der Waals surface area contributed by atoms with Crippen LogP contribution in [0.5, 0.6) is 0 Å². The van der Waals surface area contributed by atoms with Crippen molar-refractivity contribution in [3.63, 3.8) is 0 Å². The molecule has 0 bridgehead atoms. The van der Waals surface area contributed by atoms with E-state index in [2.05, 4.69) is 15.6 Å². The van der Waals surface area contributed by atoms with Gasteiger partial charge in [-0.15, -0.1) is 0 Å². The van der Waals surface area contributed by atoms with Crippen molar-refractivity contribution in [2.24, 2.45) is 0 Å². The highest BCUT2D eigenvalue weighted by molar-refractivity contribution is 6.31. The Labute approximate surface area is 156 Å². The van der Waals surface area contributed by atoms with Crippen molar-refractivity contribution in [3.05, 3.63) is 82.1 Å². The summed E-state index contributed by atoms with van der Waals surface area (Å²) in [6.45, 7) is 1.47. The van der Waals surface area contributed by atoms with Gasteiger partial charge >= 0.3 is 5.97 Å². The van der Waals surface area contributed by atoms with Gasteiger partial charge in [-0.2, -0.15) is 0 Å². The molecule has 7 heteroatoms. The molecule has 0 aliphatic carbocycles. The molecule has 6 nitrogen and oxygen atoms in total. The number of carbonyl (C=O) groups is 1. The first-order valence-corrected chi connectivity index (χ1v) is 8.32. The molecule has 2 heterocycles. The predicted molar refractivity (Wildman–Crippen MR) is 99.5 cm³/mol. The molecule has 3 N–H and O–H groups in total. The second-order valence-corrected chi connectivity index (χ2v) is 6.07. The van der Waals surface area contributed by atoms with Gasteiger partial charge in [-0.05, 0) is 25.1 Å². The van der Waals surface area contributed by atoms with Gasteiger partial charge in [0.2, 0.25) is 0 Å². The van der Waals surface area contributed by atoms with Gasteiger partial charge in [-0.1, -0.05) is 35.9 Å². The van der Waals surface area contributed by atoms with Crippen LogP contribution in [0.25, 0.3) is 0 Å². The first kappa shape index (κ1) is 17.8. The summed E-state index contributed by atoms with van der Waals surface area (Å²) in [5.41, 5.74) is 2.91. The molecule has 1 atom stereocenters. The van der Waals surface area contributed by atoms with Crippen molar-refractivity contribution < 1.29 is 14.6 Å². The van der Waals surface area contributed by atoms with Crippen molar-refractivity contribution in [2.45, 2.75) is 13.0 Å². The minimum Gasteiger partial charge on any atom is -0.494 e. The van der Waals surface area contributed by atoms with Gasteiger partial charge in [-0.3, -0.25) is 4.98 Å². The van der Waals surface area contributed by atoms with Gasteiger partial charge in [-0.25, -0.2) is 4.79 Å². The molecule has 0 spiro atoms. The highest BCUT2D eigenvalue weighted by Crippen LogP contribution is 2.35. The van der Waals surface area contributed by atoms with E-state index in [1.807, 2.05) is 42.5 Å². The summed E-state index contributed by atoms with van der Waals surface area (Å²) in [6, 6.07) is 13.0. The summed E-state index contributed by atoms with van der Waals surface area (Å²) < 4.78 is 5.36. The molecule has 1 aromatic heterocycles. The number of anilines is 1. The maximum absolute atomic E-state index is 11.4. The van der Waals surface area contributed by atoms with Crippen LogP contribution >= 0.6 is 11.6 Å². The van der Waals surface area contributed by atoms with Crippen LogP contribution < -0.4 is 10.6 Å². The standard InChI is InChI=1S/C19H18ClN3O3/c1-11(19(24)25)17(26-2)16-18(20)22-13-8-4-3-7-12(13)15(23-16)14-9-5-6-10-21-14/h3-10,15,22-23H,1-2H3,(H,24,25). The molecule has 26 heavy (non-hydrogen) atoms. The van der Waals surface area contributed by atoms with E-state index in [0.717, 1.165) is 16.9 Å². The zero-order valence-corrected chi connectivity index (χ0v) is 15.0. The molecule has 1 unspecified atom stereocenters. The Balaban J connectivity index is 2.18. The number of methoxy groups -OCH3 is 1. The summed E-state index contributed by atoms with van der Waals surface area (Å²) in [5.74, 6) is -0.930. The number of fused-ring (bicyclic) bond motifs is 1. The number of hydrogen-bond acceptors (Lipinski definition) is 5. The molecule has 1 aliphatic heterocycles. The molecule has 1 aromatic carbocycles. The average molecular weight is 372 g/mol. The monoisotopic (exact) mass is 371 g/mol. The SMILES string of the molecule is COC(=C(C)C(=O)O)C1=C(Cl)Nc2ccccc2C(c2ccccn2)N1. The molecule has 0 saturated heterocycles. The lowest BCUT2D eigenvalue weighted by atomic mass is 10.0. The second-order valence-electron chi connectivity index (χ2n) is 5.70. The van der Waals surface area contributed by atoms with E-state index in [1.54, 1.807) is 6.20 Å². The fourth-order valence-corrected chi connectivity index (χ4v) is 3.06. The lowest BCUT2D eigenvalue weighted by Crippen LogP contribution is -2.25. The minimum absolute atomic E-state index is 0.0423. The molecule has 1 aliphatic rings. The smallest absolute Gasteiger partial charge is 0.335 e. The second kappa shape index (κ2) is 7.49. The van der Waals surface area contributed by atoms with Crippen molar-refractivity contribution in [1.29, 1.82) is 0 Å². The van der Waals surface area contributed by atoms with Crippen molar-refractivity contribution in [2.75, 3.05) is 12.4 Å². The van der Waals surface area contributed by atoms with Crippen LogP contribution in [-0.4, -0.2) is 23.2 Å². The molecule has 2 aromatic rings. The van der Waals surface area contributed by atoms with Gasteiger partial charge in [0.15, 0.2) is 5.76 Å². The lowest BCUT2D eigenvalue weighted by Gasteiger charge is -2.22. The summed E-state index contributed by atoms with van der Waals surface area (Å²) in [6.07, 6.45) is 1.71. The number of aromatic nitrogens is 1. The number of aliphatic carboxylic acids is 1. The van der Waals surface area contributed by atoms with Crippen molar-refractivity contribution in [3.8, 4) is 0 Å². The fourth-order valence-electron chi connectivity index (χ4n) is 2.81. The van der Waals surface area contributed by atoms with E-state index >= 15 is 0 Å². The van der Waals surface area contributed by atoms with E-state index < -0.39 is 5.97 Å². The van der Waals surface area contributed by atoms with Crippen LogP contribution in [0.1, 0.15) is 24.2 Å². The fraction of sp³-hybridized carbons (Fsp3) is 0.158. The van der Waals surface area contributed by atoms with E-state index in [-0.39, 0.29) is 22.5 Å². The number of nitrogens with zero attached hydrogens (tertiary/aromatic N) is 1. The van der Waals surface area contributed by atoms with Gasteiger partial charge in [0.05, 0.1) is 24.4 Å². The maximum Gasteiger partial charge on any atom is 0.335 e. The first-order chi connectivity index (χ1) is 12.5. The minimum atomic E-state index is -1.09. The number of carboxylic acid groups (broad SMARTS) is 1. The van der Waals surface area contributed by atoms with Gasteiger partial charge in [0.1, 0.15) is 10.9 Å². The van der Waals surface area contributed by atoms with Crippen LogP contribution in [0, 0.1) is 0 Å². The number of hydrogen-bond donors (Lipinski definition) is 3. The lowest BCUT2D eigenvalue weighted by molar-refractivity contribution is -0.132. The largest absolute Gasteiger partial charge is 0.494 e. The van der Waals surface area contributed by atoms with E-state index in [4.69, 9.17) is 16.3 Å². The number of halogens is 1. The van der Waals surface area contributed by atoms with E-state index in [9.17, 15) is 9.90 Å². The Morgan fingerprint density at radius 3 is 2.62 bits per heavy atom. The highest BCUT2D eigenvalue weighted by Gasteiger charge is 2.28. The number of carboxylic acids is 1.